The Hall–Kier alpha value is -6.27. The van der Waals surface area contributed by atoms with Crippen molar-refractivity contribution in [1.82, 2.24) is 19.6 Å². The van der Waals surface area contributed by atoms with E-state index < -0.39 is 0 Å². The van der Waals surface area contributed by atoms with Crippen molar-refractivity contribution >= 4 is 46.2 Å². The summed E-state index contributed by atoms with van der Waals surface area (Å²) < 4.78 is 35.9. The Morgan fingerprint density at radius 1 is 0.460 bits per heavy atom. The number of benzene rings is 6. The number of ether oxygens (including phenoxy) is 4. The normalized spacial score (nSPS) is 13.0. The van der Waals surface area contributed by atoms with E-state index in [1.165, 1.54) is 0 Å². The van der Waals surface area contributed by atoms with E-state index in [1.807, 2.05) is 122 Å². The van der Waals surface area contributed by atoms with E-state index >= 15 is 0 Å². The Morgan fingerprint density at radius 2 is 0.873 bits per heavy atom. The molecule has 0 saturated carbocycles. The van der Waals surface area contributed by atoms with Crippen LogP contribution in [0.15, 0.2) is 101 Å². The molecule has 3 aromatic heterocycles. The van der Waals surface area contributed by atoms with Gasteiger partial charge in [0.1, 0.15) is 23.0 Å². The number of aromatic nitrogens is 4. The quantitative estimate of drug-likeness (QED) is 0.148. The van der Waals surface area contributed by atoms with E-state index in [2.05, 4.69) is 48.7 Å². The number of furan rings is 1. The van der Waals surface area contributed by atoms with Gasteiger partial charge in [-0.05, 0) is 75.5 Å². The predicted molar refractivity (Wildman–Crippen MR) is 231 cm³/mol. The second kappa shape index (κ2) is 14.7. The number of fused-ring (bicyclic) bond motifs is 8. The van der Waals surface area contributed by atoms with Crippen molar-refractivity contribution in [3.8, 4) is 79.8 Å². The van der Waals surface area contributed by atoms with Crippen LogP contribution in [0.1, 0.15) is 22.8 Å². The molecular weight excluding hydrogens is 1150 g/mol. The Labute approximate surface area is 392 Å². The predicted octanol–water partition coefficient (Wildman–Crippen LogP) is 6.47. The van der Waals surface area contributed by atoms with Gasteiger partial charge in [0.2, 0.25) is 13.4 Å². The summed E-state index contributed by atoms with van der Waals surface area (Å²) in [6.45, 7) is 7.54. The molecule has 0 bridgehead atoms. The maximum absolute atomic E-state index is 6.50. The molecule has 13 rings (SSSR count). The van der Waals surface area contributed by atoms with Crippen LogP contribution in [0.25, 0.3) is 33.8 Å². The van der Waals surface area contributed by atoms with Crippen LogP contribution in [0.3, 0.4) is 0 Å². The van der Waals surface area contributed by atoms with Gasteiger partial charge in [0, 0.05) is 87.4 Å². The first kappa shape index (κ1) is 39.6. The zero-order chi connectivity index (χ0) is 40.7. The fourth-order valence-electron chi connectivity index (χ4n) is 9.27. The van der Waals surface area contributed by atoms with Crippen LogP contribution < -0.4 is 51.7 Å². The summed E-state index contributed by atoms with van der Waals surface area (Å²) in [5, 5.41) is 9.46. The molecule has 63 heavy (non-hydrogen) atoms. The summed E-state index contributed by atoms with van der Waals surface area (Å²) in [5.74, 6) is 6.29. The van der Waals surface area contributed by atoms with Gasteiger partial charge in [0.25, 0.3) is 0 Å². The summed E-state index contributed by atoms with van der Waals surface area (Å²) >= 11 is 0. The maximum Gasteiger partial charge on any atom is 0.214 e. The average Bonchev–Trinajstić information content (AvgIpc) is 4.00. The third-order valence-corrected chi connectivity index (χ3v) is 11.9. The standard InChI is InChI=1S/C50H28B2N4O5.2Pt/c1-27-19-29(3)55(53-27)34-13-17-42-38(24-34)51-36-21-31(11-15-40(36)58-44-7-5-9-46(60-42)49(44)51)33-23-48(57-26-33)32-12-16-41-37(22-32)52-39-25-35(56-30(4)20-28(2)54-56)14-18-43(39)61-47-10-6-8-45(59-41)50(47)52;;/h5-20H,1-4H3;;/q-6;;. The molecule has 0 amide bonds. The van der Waals surface area contributed by atoms with Crippen molar-refractivity contribution in [2.75, 3.05) is 0 Å². The second-order valence-corrected chi connectivity index (χ2v) is 15.9. The fourth-order valence-corrected chi connectivity index (χ4v) is 9.27. The van der Waals surface area contributed by atoms with Gasteiger partial charge < -0.3 is 40.6 Å². The van der Waals surface area contributed by atoms with Crippen molar-refractivity contribution in [3.05, 3.63) is 156 Å². The van der Waals surface area contributed by atoms with E-state index in [9.17, 15) is 0 Å². The van der Waals surface area contributed by atoms with E-state index in [1.54, 1.807) is 0 Å². The number of nitrogens with zero attached hydrogens (tertiary/aromatic N) is 4. The third-order valence-electron chi connectivity index (χ3n) is 11.9. The SMILES string of the molecule is Cc1cc(C)n(-c2[c-]c3c(cc2)Oc2cccc4c2B3c2[c-]c(-c3[c-]oc(-c5[c-]c6c(cc5)Oc5cccc7c5B6c5[c-]c(-n6nc(C)cc6C)ccc5O7)[c-]3)ccc2O4)n1.[Pt].[Pt]. The van der Waals surface area contributed by atoms with Gasteiger partial charge in [0.15, 0.2) is 0 Å². The molecule has 4 aliphatic rings. The van der Waals surface area contributed by atoms with Gasteiger partial charge in [-0.3, -0.25) is 9.36 Å². The molecule has 9 nitrogen and oxygen atoms in total. The van der Waals surface area contributed by atoms with Crippen molar-refractivity contribution in [3.63, 3.8) is 0 Å². The molecule has 0 fully saturated rings. The minimum Gasteiger partial charge on any atom is -0.631 e. The van der Waals surface area contributed by atoms with Gasteiger partial charge in [-0.1, -0.05) is 17.9 Å². The Bertz CT molecular complexity index is 3130. The fraction of sp³-hybridized carbons (Fsp3) is 0.0800. The molecule has 13 heteroatoms. The summed E-state index contributed by atoms with van der Waals surface area (Å²) in [4.78, 5) is 0. The molecule has 0 atom stereocenters. The first-order chi connectivity index (χ1) is 29.8. The molecule has 0 spiro atoms. The third kappa shape index (κ3) is 6.07. The van der Waals surface area contributed by atoms with Crippen LogP contribution in [0.2, 0.25) is 0 Å². The van der Waals surface area contributed by atoms with E-state index in [0.717, 1.165) is 107 Å². The van der Waals surface area contributed by atoms with Crippen LogP contribution in [0, 0.1) is 64.3 Å². The van der Waals surface area contributed by atoms with Crippen molar-refractivity contribution in [2.24, 2.45) is 0 Å². The topological polar surface area (TPSA) is 85.7 Å². The molecule has 4 aliphatic heterocycles. The minimum atomic E-state index is -0.267. The van der Waals surface area contributed by atoms with Crippen molar-refractivity contribution in [2.45, 2.75) is 27.7 Å². The van der Waals surface area contributed by atoms with Crippen LogP contribution in [0.5, 0.6) is 46.0 Å². The van der Waals surface area contributed by atoms with Crippen molar-refractivity contribution in [1.29, 1.82) is 0 Å². The van der Waals surface area contributed by atoms with Gasteiger partial charge in [-0.2, -0.15) is 22.3 Å². The molecule has 6 aromatic carbocycles. The smallest absolute Gasteiger partial charge is 0.214 e. The summed E-state index contributed by atoms with van der Waals surface area (Å²) in [7, 11) is 0. The van der Waals surface area contributed by atoms with Gasteiger partial charge in [-0.15, -0.1) is 82.2 Å². The summed E-state index contributed by atoms with van der Waals surface area (Å²) in [6, 6.07) is 49.9. The number of aryl methyl sites for hydroxylation is 4. The van der Waals surface area contributed by atoms with Crippen LogP contribution in [-0.2, 0) is 42.1 Å². The van der Waals surface area contributed by atoms with E-state index in [4.69, 9.17) is 33.6 Å². The largest absolute Gasteiger partial charge is 0.631 e. The molecule has 0 N–H and O–H groups in total. The summed E-state index contributed by atoms with van der Waals surface area (Å²) in [6.07, 6.45) is 3.12. The minimum absolute atomic E-state index is 0. The Kier molecular flexibility index (Phi) is 9.20. The molecule has 0 aliphatic carbocycles. The number of hydrogen-bond donors (Lipinski definition) is 0. The second-order valence-electron chi connectivity index (χ2n) is 15.9. The number of hydrogen-bond acceptors (Lipinski definition) is 7. The first-order valence-electron chi connectivity index (χ1n) is 20.1. The van der Waals surface area contributed by atoms with Gasteiger partial charge in [-0.25, -0.2) is 12.1 Å². The Morgan fingerprint density at radius 3 is 1.32 bits per heavy atom. The molecular formula is C50H28B2N4O5Pt2-6. The molecule has 7 heterocycles. The van der Waals surface area contributed by atoms with Gasteiger partial charge in [0.05, 0.1) is 11.4 Å². The molecule has 9 aromatic rings. The monoisotopic (exact) mass is 1180 g/mol. The van der Waals surface area contributed by atoms with Crippen LogP contribution in [-0.4, -0.2) is 33.0 Å². The average molecular weight is 1180 g/mol. The molecule has 0 saturated heterocycles. The van der Waals surface area contributed by atoms with E-state index in [-0.39, 0.29) is 55.6 Å². The molecule has 0 radical (unpaired) electrons. The number of rotatable bonds is 4. The van der Waals surface area contributed by atoms with E-state index in [0.29, 0.717) is 28.4 Å². The zero-order valence-electron chi connectivity index (χ0n) is 33.9. The Balaban J connectivity index is 0.00000222. The maximum atomic E-state index is 6.50. The molecule has 310 valence electrons. The summed E-state index contributed by atoms with van der Waals surface area (Å²) in [5.41, 5.74) is 13.0. The molecule has 0 unspecified atom stereocenters. The van der Waals surface area contributed by atoms with Crippen molar-refractivity contribution < 1.29 is 65.5 Å². The van der Waals surface area contributed by atoms with Crippen LogP contribution in [0.4, 0.5) is 0 Å². The van der Waals surface area contributed by atoms with Gasteiger partial charge >= 0.3 is 0 Å². The first-order valence-corrected chi connectivity index (χ1v) is 20.1. The van der Waals surface area contributed by atoms with Crippen LogP contribution >= 0.6 is 0 Å². The zero-order valence-corrected chi connectivity index (χ0v) is 38.4.